The Morgan fingerprint density at radius 2 is 2.22 bits per heavy atom. The number of hydrogen-bond donors (Lipinski definition) is 2. The van der Waals surface area contributed by atoms with Crippen LogP contribution >= 0.6 is 0 Å². The molecule has 0 bridgehead atoms. The number of anilines is 1. The number of halogens is 1. The van der Waals surface area contributed by atoms with E-state index in [0.29, 0.717) is 25.4 Å². The van der Waals surface area contributed by atoms with Crippen LogP contribution in [0.2, 0.25) is 0 Å². The molecule has 9 heteroatoms. The number of carboxylic acid groups (broad SMARTS) is 1. The molecule has 3 rings (SSSR count). The highest BCUT2D eigenvalue weighted by Crippen LogP contribution is 2.23. The Morgan fingerprint density at radius 3 is 2.85 bits per heavy atom. The van der Waals surface area contributed by atoms with Crippen LogP contribution in [0.25, 0.3) is 0 Å². The van der Waals surface area contributed by atoms with Crippen LogP contribution < -0.4 is 10.2 Å². The molecule has 0 radical (unpaired) electrons. The first-order valence-corrected chi connectivity index (χ1v) is 8.93. The molecule has 27 heavy (non-hydrogen) atoms. The van der Waals surface area contributed by atoms with Crippen LogP contribution in [-0.2, 0) is 9.53 Å². The van der Waals surface area contributed by atoms with Crippen LogP contribution in [0.3, 0.4) is 0 Å². The Labute approximate surface area is 155 Å². The summed E-state index contributed by atoms with van der Waals surface area (Å²) in [4.78, 5) is 38.4. The third-order valence-corrected chi connectivity index (χ3v) is 4.68. The molecule has 3 amide bonds. The first-order chi connectivity index (χ1) is 13.0. The number of urea groups is 1. The first-order valence-electron chi connectivity index (χ1n) is 8.93. The van der Waals surface area contributed by atoms with Crippen molar-refractivity contribution in [1.29, 1.82) is 0 Å². The molecule has 2 heterocycles. The largest absolute Gasteiger partial charge is 0.481 e. The predicted molar refractivity (Wildman–Crippen MR) is 94.3 cm³/mol. The maximum absolute atomic E-state index is 14.4. The van der Waals surface area contributed by atoms with Gasteiger partial charge in [0, 0.05) is 38.5 Å². The normalized spacial score (nSPS) is 19.2. The standard InChI is InChI=1S/C18H22FN3O5/c19-15-4-3-12(22-8-6-20-18(22)26)10-14(15)17(25)21(7-5-16(23)24)11-13-2-1-9-27-13/h3-4,10,13H,1-2,5-9,11H2,(H,20,26)(H,23,24)/t13-/m1/s1. The van der Waals surface area contributed by atoms with E-state index in [1.165, 1.54) is 21.9 Å². The van der Waals surface area contributed by atoms with Crippen LogP contribution in [0.4, 0.5) is 14.9 Å². The fraction of sp³-hybridized carbons (Fsp3) is 0.500. The molecule has 2 aliphatic rings. The second kappa shape index (κ2) is 8.34. The van der Waals surface area contributed by atoms with Gasteiger partial charge in [-0.05, 0) is 31.0 Å². The maximum atomic E-state index is 14.4. The summed E-state index contributed by atoms with van der Waals surface area (Å²) < 4.78 is 19.9. The van der Waals surface area contributed by atoms with Gasteiger partial charge < -0.3 is 20.1 Å². The topological polar surface area (TPSA) is 99.2 Å². The maximum Gasteiger partial charge on any atom is 0.321 e. The smallest absolute Gasteiger partial charge is 0.321 e. The highest BCUT2D eigenvalue weighted by atomic mass is 19.1. The van der Waals surface area contributed by atoms with E-state index in [2.05, 4.69) is 5.32 Å². The Hall–Kier alpha value is -2.68. The fourth-order valence-corrected chi connectivity index (χ4v) is 3.27. The van der Waals surface area contributed by atoms with E-state index < -0.39 is 17.7 Å². The molecule has 0 unspecified atom stereocenters. The van der Waals surface area contributed by atoms with Crippen LogP contribution in [0.1, 0.15) is 29.6 Å². The van der Waals surface area contributed by atoms with Gasteiger partial charge in [0.15, 0.2) is 0 Å². The van der Waals surface area contributed by atoms with Gasteiger partial charge in [-0.1, -0.05) is 0 Å². The summed E-state index contributed by atoms with van der Waals surface area (Å²) in [7, 11) is 0. The zero-order valence-corrected chi connectivity index (χ0v) is 14.8. The van der Waals surface area contributed by atoms with E-state index in [1.54, 1.807) is 0 Å². The Bertz CT molecular complexity index is 736. The summed E-state index contributed by atoms with van der Waals surface area (Å²) in [6.07, 6.45) is 1.22. The molecule has 2 aliphatic heterocycles. The monoisotopic (exact) mass is 379 g/mol. The Morgan fingerprint density at radius 1 is 1.41 bits per heavy atom. The first kappa shape index (κ1) is 19.1. The van der Waals surface area contributed by atoms with Gasteiger partial charge in [0.05, 0.1) is 18.1 Å². The van der Waals surface area contributed by atoms with Crippen LogP contribution in [0.5, 0.6) is 0 Å². The zero-order valence-electron chi connectivity index (χ0n) is 14.8. The lowest BCUT2D eigenvalue weighted by molar-refractivity contribution is -0.137. The summed E-state index contributed by atoms with van der Waals surface area (Å²) in [5, 5.41) is 11.6. The number of hydrogen-bond acceptors (Lipinski definition) is 4. The number of amides is 3. The number of aliphatic carboxylic acids is 1. The minimum Gasteiger partial charge on any atom is -0.481 e. The summed E-state index contributed by atoms with van der Waals surface area (Å²) in [5.74, 6) is -2.36. The molecular formula is C18H22FN3O5. The lowest BCUT2D eigenvalue weighted by Gasteiger charge is -2.26. The van der Waals surface area contributed by atoms with Crippen molar-refractivity contribution in [2.24, 2.45) is 0 Å². The van der Waals surface area contributed by atoms with E-state index in [0.717, 1.165) is 18.9 Å². The highest BCUT2D eigenvalue weighted by Gasteiger charge is 2.27. The van der Waals surface area contributed by atoms with Gasteiger partial charge in [0.1, 0.15) is 5.82 Å². The molecule has 0 aliphatic carbocycles. The lowest BCUT2D eigenvalue weighted by Crippen LogP contribution is -2.39. The molecule has 0 aromatic heterocycles. The summed E-state index contributed by atoms with van der Waals surface area (Å²) in [6.45, 7) is 1.67. The van der Waals surface area contributed by atoms with Crippen LogP contribution in [0.15, 0.2) is 18.2 Å². The minimum atomic E-state index is -1.04. The van der Waals surface area contributed by atoms with E-state index >= 15 is 0 Å². The van der Waals surface area contributed by atoms with Gasteiger partial charge in [0.25, 0.3) is 5.91 Å². The van der Waals surface area contributed by atoms with E-state index in [-0.39, 0.29) is 37.2 Å². The number of rotatable bonds is 7. The van der Waals surface area contributed by atoms with Crippen LogP contribution in [-0.4, -0.2) is 66.8 Å². The Balaban J connectivity index is 1.82. The molecule has 0 spiro atoms. The second-order valence-corrected chi connectivity index (χ2v) is 6.58. The molecule has 2 fully saturated rings. The van der Waals surface area contributed by atoms with Crippen molar-refractivity contribution >= 4 is 23.6 Å². The summed E-state index contributed by atoms with van der Waals surface area (Å²) in [6, 6.07) is 3.63. The van der Waals surface area contributed by atoms with Crippen LogP contribution in [0, 0.1) is 5.82 Å². The van der Waals surface area contributed by atoms with Crippen molar-refractivity contribution in [2.45, 2.75) is 25.4 Å². The average Bonchev–Trinajstić information content (AvgIpc) is 3.30. The van der Waals surface area contributed by atoms with Crippen molar-refractivity contribution in [2.75, 3.05) is 37.7 Å². The number of nitrogens with one attached hydrogen (secondary N) is 1. The number of carbonyl (C=O) groups is 3. The SMILES string of the molecule is O=C(O)CCN(C[C@H]1CCCO1)C(=O)c1cc(N2CCNC2=O)ccc1F. The molecule has 8 nitrogen and oxygen atoms in total. The molecule has 1 atom stereocenters. The predicted octanol–water partition coefficient (Wildman–Crippen LogP) is 1.45. The van der Waals surface area contributed by atoms with E-state index in [1.807, 2.05) is 0 Å². The number of nitrogens with zero attached hydrogens (tertiary/aromatic N) is 2. The molecule has 2 saturated heterocycles. The number of carboxylic acids is 1. The quantitative estimate of drug-likeness (QED) is 0.747. The Kier molecular flexibility index (Phi) is 5.90. The van der Waals surface area contributed by atoms with Gasteiger partial charge in [-0.2, -0.15) is 0 Å². The molecule has 2 N–H and O–H groups in total. The van der Waals surface area contributed by atoms with Crippen molar-refractivity contribution in [1.82, 2.24) is 10.2 Å². The minimum absolute atomic E-state index is 0.0398. The second-order valence-electron chi connectivity index (χ2n) is 6.58. The lowest BCUT2D eigenvalue weighted by atomic mass is 10.1. The van der Waals surface area contributed by atoms with Gasteiger partial charge in [-0.15, -0.1) is 0 Å². The zero-order chi connectivity index (χ0) is 19.4. The van der Waals surface area contributed by atoms with Crippen molar-refractivity contribution in [3.8, 4) is 0 Å². The van der Waals surface area contributed by atoms with E-state index in [9.17, 15) is 18.8 Å². The molecule has 1 aromatic carbocycles. The van der Waals surface area contributed by atoms with Crippen molar-refractivity contribution < 1.29 is 28.6 Å². The summed E-state index contributed by atoms with van der Waals surface area (Å²) in [5.41, 5.74) is 0.237. The van der Waals surface area contributed by atoms with E-state index in [4.69, 9.17) is 9.84 Å². The van der Waals surface area contributed by atoms with Gasteiger partial charge >= 0.3 is 12.0 Å². The summed E-state index contributed by atoms with van der Waals surface area (Å²) >= 11 is 0. The fourth-order valence-electron chi connectivity index (χ4n) is 3.27. The third-order valence-electron chi connectivity index (χ3n) is 4.68. The number of ether oxygens (including phenoxy) is 1. The molecular weight excluding hydrogens is 357 g/mol. The number of benzene rings is 1. The molecule has 0 saturated carbocycles. The van der Waals surface area contributed by atoms with Gasteiger partial charge in [-0.3, -0.25) is 14.5 Å². The van der Waals surface area contributed by atoms with Gasteiger partial charge in [0.2, 0.25) is 0 Å². The number of carbonyl (C=O) groups excluding carboxylic acids is 2. The average molecular weight is 379 g/mol. The third kappa shape index (κ3) is 4.54. The van der Waals surface area contributed by atoms with Crippen molar-refractivity contribution in [3.05, 3.63) is 29.6 Å². The molecule has 146 valence electrons. The van der Waals surface area contributed by atoms with Gasteiger partial charge in [-0.25, -0.2) is 9.18 Å². The van der Waals surface area contributed by atoms with Crippen molar-refractivity contribution in [3.63, 3.8) is 0 Å². The molecule has 1 aromatic rings. The highest BCUT2D eigenvalue weighted by molar-refractivity contribution is 5.98.